The van der Waals surface area contributed by atoms with Crippen LogP contribution >= 0.6 is 0 Å². The van der Waals surface area contributed by atoms with Crippen molar-refractivity contribution in [1.82, 2.24) is 14.9 Å². The van der Waals surface area contributed by atoms with Crippen molar-refractivity contribution in [1.29, 1.82) is 0 Å². The zero-order chi connectivity index (χ0) is 14.4. The molecule has 0 saturated heterocycles. The van der Waals surface area contributed by atoms with Crippen LogP contribution in [0, 0.1) is 0 Å². The third-order valence-electron chi connectivity index (χ3n) is 3.51. The van der Waals surface area contributed by atoms with Crippen molar-refractivity contribution >= 4 is 10.9 Å². The number of fused-ring (bicyclic) bond motifs is 1. The predicted molar refractivity (Wildman–Crippen MR) is 83.0 cm³/mol. The minimum atomic E-state index is 0.0600. The summed E-state index contributed by atoms with van der Waals surface area (Å²) in [5.74, 6) is 0. The lowest BCUT2D eigenvalue weighted by Crippen LogP contribution is -2.27. The van der Waals surface area contributed by atoms with Crippen LogP contribution in [0.4, 0.5) is 0 Å². The molecular weight excluding hydrogens is 250 g/mol. The highest BCUT2D eigenvalue weighted by molar-refractivity contribution is 5.76. The van der Waals surface area contributed by atoms with Crippen molar-refractivity contribution in [3.05, 3.63) is 40.9 Å². The van der Waals surface area contributed by atoms with Crippen LogP contribution in [0.1, 0.15) is 33.1 Å². The Morgan fingerprint density at radius 2 is 2.15 bits per heavy atom. The molecule has 1 aromatic heterocycles. The lowest BCUT2D eigenvalue weighted by Gasteiger charge is -2.13. The van der Waals surface area contributed by atoms with E-state index < -0.39 is 0 Å². The number of benzene rings is 1. The highest BCUT2D eigenvalue weighted by Crippen LogP contribution is 2.05. The summed E-state index contributed by atoms with van der Waals surface area (Å²) in [6.45, 7) is 6.14. The van der Waals surface area contributed by atoms with Crippen LogP contribution in [0.3, 0.4) is 0 Å². The highest BCUT2D eigenvalue weighted by atomic mass is 16.1. The van der Waals surface area contributed by atoms with Gasteiger partial charge in [-0.05, 0) is 44.9 Å². The average Bonchev–Trinajstić information content (AvgIpc) is 2.48. The molecule has 0 bridgehead atoms. The van der Waals surface area contributed by atoms with E-state index in [1.54, 1.807) is 10.9 Å². The lowest BCUT2D eigenvalue weighted by atomic mass is 10.2. The first kappa shape index (κ1) is 14.7. The number of hydrogen-bond acceptors (Lipinski definition) is 3. The fourth-order valence-electron chi connectivity index (χ4n) is 2.33. The molecule has 0 aliphatic rings. The largest absolute Gasteiger partial charge is 0.314 e. The van der Waals surface area contributed by atoms with Gasteiger partial charge in [0, 0.05) is 12.6 Å². The number of aryl methyl sites for hydroxylation is 1. The highest BCUT2D eigenvalue weighted by Gasteiger charge is 2.04. The van der Waals surface area contributed by atoms with E-state index in [1.165, 1.54) is 0 Å². The Kier molecular flexibility index (Phi) is 5.30. The van der Waals surface area contributed by atoms with Gasteiger partial charge in [-0.2, -0.15) is 0 Å². The Hall–Kier alpha value is -1.68. The van der Waals surface area contributed by atoms with E-state index in [-0.39, 0.29) is 5.56 Å². The van der Waals surface area contributed by atoms with Crippen molar-refractivity contribution in [2.75, 3.05) is 6.54 Å². The maximum Gasteiger partial charge on any atom is 0.261 e. The SMILES string of the molecule is CCCNC(C)CCCn1cnc2ccccc2c1=O. The van der Waals surface area contributed by atoms with Gasteiger partial charge in [0.25, 0.3) is 5.56 Å². The van der Waals surface area contributed by atoms with Gasteiger partial charge in [-0.3, -0.25) is 9.36 Å². The smallest absolute Gasteiger partial charge is 0.261 e. The lowest BCUT2D eigenvalue weighted by molar-refractivity contribution is 0.472. The van der Waals surface area contributed by atoms with Crippen molar-refractivity contribution < 1.29 is 0 Å². The van der Waals surface area contributed by atoms with Crippen LogP contribution in [0.25, 0.3) is 10.9 Å². The van der Waals surface area contributed by atoms with Crippen molar-refractivity contribution in [2.24, 2.45) is 0 Å². The molecule has 2 rings (SSSR count). The summed E-state index contributed by atoms with van der Waals surface area (Å²) in [6, 6.07) is 8.00. The summed E-state index contributed by atoms with van der Waals surface area (Å²) in [5.41, 5.74) is 0.830. The van der Waals surface area contributed by atoms with Gasteiger partial charge in [0.15, 0.2) is 0 Å². The maximum atomic E-state index is 12.3. The number of para-hydroxylation sites is 1. The standard InChI is InChI=1S/C16H23N3O/c1-3-10-17-13(2)7-6-11-19-12-18-15-9-5-4-8-14(15)16(19)20/h4-5,8-9,12-13,17H,3,6-7,10-11H2,1-2H3. The third kappa shape index (κ3) is 3.67. The Morgan fingerprint density at radius 3 is 2.95 bits per heavy atom. The molecule has 0 saturated carbocycles. The van der Waals surface area contributed by atoms with Crippen LogP contribution in [0.5, 0.6) is 0 Å². The van der Waals surface area contributed by atoms with Crippen molar-refractivity contribution in [2.45, 2.75) is 45.7 Å². The molecule has 1 aromatic carbocycles. The van der Waals surface area contributed by atoms with Crippen LogP contribution < -0.4 is 10.9 Å². The van der Waals surface area contributed by atoms with E-state index in [9.17, 15) is 4.79 Å². The first-order valence-corrected chi connectivity index (χ1v) is 7.40. The molecule has 0 aliphatic carbocycles. The van der Waals surface area contributed by atoms with Crippen LogP contribution in [0.15, 0.2) is 35.4 Å². The van der Waals surface area contributed by atoms with Gasteiger partial charge in [-0.25, -0.2) is 4.98 Å². The molecule has 4 heteroatoms. The Labute approximate surface area is 119 Å². The number of nitrogens with zero attached hydrogens (tertiary/aromatic N) is 2. The van der Waals surface area contributed by atoms with Gasteiger partial charge in [-0.1, -0.05) is 19.1 Å². The van der Waals surface area contributed by atoms with Gasteiger partial charge in [0.05, 0.1) is 17.2 Å². The van der Waals surface area contributed by atoms with E-state index in [0.717, 1.165) is 37.9 Å². The quantitative estimate of drug-likeness (QED) is 0.843. The third-order valence-corrected chi connectivity index (χ3v) is 3.51. The van der Waals surface area contributed by atoms with Gasteiger partial charge in [0.1, 0.15) is 0 Å². The molecule has 4 nitrogen and oxygen atoms in total. The maximum absolute atomic E-state index is 12.3. The number of aromatic nitrogens is 2. The van der Waals surface area contributed by atoms with E-state index in [1.807, 2.05) is 24.3 Å². The Morgan fingerprint density at radius 1 is 1.35 bits per heavy atom. The summed E-state index contributed by atoms with van der Waals surface area (Å²) in [5, 5.41) is 4.16. The molecule has 108 valence electrons. The zero-order valence-electron chi connectivity index (χ0n) is 12.3. The molecular formula is C16H23N3O. The fourth-order valence-corrected chi connectivity index (χ4v) is 2.33. The van der Waals surface area contributed by atoms with Crippen molar-refractivity contribution in [3.8, 4) is 0 Å². The Balaban J connectivity index is 1.97. The van der Waals surface area contributed by atoms with Gasteiger partial charge < -0.3 is 5.32 Å². The minimum Gasteiger partial charge on any atom is -0.314 e. The molecule has 0 spiro atoms. The molecule has 1 atom stereocenters. The first-order chi connectivity index (χ1) is 9.72. The average molecular weight is 273 g/mol. The number of nitrogens with one attached hydrogen (secondary N) is 1. The molecule has 0 aliphatic heterocycles. The topological polar surface area (TPSA) is 46.9 Å². The summed E-state index contributed by atoms with van der Waals surface area (Å²) in [6.07, 6.45) is 4.87. The number of hydrogen-bond donors (Lipinski definition) is 1. The molecule has 0 amide bonds. The van der Waals surface area contributed by atoms with E-state index >= 15 is 0 Å². The molecule has 20 heavy (non-hydrogen) atoms. The molecule has 1 unspecified atom stereocenters. The molecule has 0 fully saturated rings. The van der Waals surface area contributed by atoms with Gasteiger partial charge in [0.2, 0.25) is 0 Å². The summed E-state index contributed by atoms with van der Waals surface area (Å²) in [4.78, 5) is 16.6. The van der Waals surface area contributed by atoms with Crippen LogP contribution in [-0.4, -0.2) is 22.1 Å². The predicted octanol–water partition coefficient (Wildman–Crippen LogP) is 2.56. The zero-order valence-corrected chi connectivity index (χ0v) is 12.3. The normalized spacial score (nSPS) is 12.7. The second-order valence-corrected chi connectivity index (χ2v) is 5.26. The minimum absolute atomic E-state index is 0.0600. The van der Waals surface area contributed by atoms with Crippen LogP contribution in [0.2, 0.25) is 0 Å². The van der Waals surface area contributed by atoms with Gasteiger partial charge >= 0.3 is 0 Å². The van der Waals surface area contributed by atoms with Gasteiger partial charge in [-0.15, -0.1) is 0 Å². The van der Waals surface area contributed by atoms with E-state index in [2.05, 4.69) is 24.1 Å². The Bertz CT molecular complexity index is 606. The van der Waals surface area contributed by atoms with E-state index in [4.69, 9.17) is 0 Å². The summed E-state index contributed by atoms with van der Waals surface area (Å²) < 4.78 is 1.72. The van der Waals surface area contributed by atoms with Crippen LogP contribution in [-0.2, 0) is 6.54 Å². The van der Waals surface area contributed by atoms with Crippen molar-refractivity contribution in [3.63, 3.8) is 0 Å². The summed E-state index contributed by atoms with van der Waals surface area (Å²) >= 11 is 0. The second kappa shape index (κ2) is 7.20. The fraction of sp³-hybridized carbons (Fsp3) is 0.500. The number of rotatable bonds is 7. The molecule has 2 aromatic rings. The first-order valence-electron chi connectivity index (χ1n) is 7.40. The van der Waals surface area contributed by atoms with E-state index in [0.29, 0.717) is 11.4 Å². The monoisotopic (exact) mass is 273 g/mol. The molecule has 0 radical (unpaired) electrons. The molecule has 1 heterocycles. The second-order valence-electron chi connectivity index (χ2n) is 5.26. The molecule has 1 N–H and O–H groups in total. The summed E-state index contributed by atoms with van der Waals surface area (Å²) in [7, 11) is 0.